The van der Waals surface area contributed by atoms with Crippen LogP contribution in [0.25, 0.3) is 97.3 Å². The molecule has 54 heavy (non-hydrogen) atoms. The van der Waals surface area contributed by atoms with E-state index in [4.69, 9.17) is 15.0 Å². The molecule has 11 rings (SSSR count). The van der Waals surface area contributed by atoms with Crippen molar-refractivity contribution in [3.63, 3.8) is 0 Å². The molecule has 0 atom stereocenters. The third-order valence-corrected chi connectivity index (χ3v) is 14.0. The predicted molar refractivity (Wildman–Crippen MR) is 226 cm³/mol. The zero-order chi connectivity index (χ0) is 36.0. The molecule has 2 aromatic heterocycles. The summed E-state index contributed by atoms with van der Waals surface area (Å²) in [6.45, 7) is 4.63. The predicted octanol–water partition coefficient (Wildman–Crippen LogP) is 12.5. The number of hydrogen-bond acceptors (Lipinski definition) is 3. The molecule has 0 spiro atoms. The fourth-order valence-electron chi connectivity index (χ4n) is 8.65. The number of hydrogen-bond donors (Lipinski definition) is 0. The summed E-state index contributed by atoms with van der Waals surface area (Å²) in [5.74, 6) is 2.04. The first-order valence-electron chi connectivity index (χ1n) is 18.4. The summed E-state index contributed by atoms with van der Waals surface area (Å²) in [6.07, 6.45) is 0. The van der Waals surface area contributed by atoms with Crippen LogP contribution in [-0.2, 0) is 5.41 Å². The van der Waals surface area contributed by atoms with E-state index >= 15 is 0 Å². The minimum atomic E-state index is -0.130. The Hall–Kier alpha value is -6.19. The third-order valence-electron chi connectivity index (χ3n) is 11.3. The van der Waals surface area contributed by atoms with Gasteiger partial charge in [0.1, 0.15) is 0 Å². The van der Waals surface area contributed by atoms with Crippen LogP contribution in [0.4, 0.5) is 0 Å². The number of nitrogens with zero attached hydrogens (tertiary/aromatic N) is 3. The van der Waals surface area contributed by atoms with E-state index in [0.29, 0.717) is 17.5 Å². The zero-order valence-corrected chi connectivity index (χ0v) is 31.6. The van der Waals surface area contributed by atoms with E-state index in [0.717, 1.165) is 16.7 Å². The van der Waals surface area contributed by atoms with Gasteiger partial charge in [-0.15, -0.1) is 0 Å². The summed E-state index contributed by atoms with van der Waals surface area (Å²) in [4.78, 5) is 15.8. The van der Waals surface area contributed by atoms with Crippen LogP contribution in [0.1, 0.15) is 25.0 Å². The second-order valence-corrected chi connectivity index (χ2v) is 16.9. The van der Waals surface area contributed by atoms with Gasteiger partial charge in [0.05, 0.1) is 0 Å². The first-order valence-corrected chi connectivity index (χ1v) is 20.2. The van der Waals surface area contributed by atoms with Gasteiger partial charge >= 0.3 is 297 Å². The van der Waals surface area contributed by atoms with Gasteiger partial charge in [0.2, 0.25) is 0 Å². The molecule has 8 aromatic carbocycles. The van der Waals surface area contributed by atoms with Crippen LogP contribution in [0.2, 0.25) is 0 Å². The number of rotatable bonds is 4. The van der Waals surface area contributed by atoms with Crippen molar-refractivity contribution in [1.29, 1.82) is 0 Å². The average Bonchev–Trinajstić information content (AvgIpc) is 3.73. The van der Waals surface area contributed by atoms with Crippen LogP contribution in [0.3, 0.4) is 0 Å². The first kappa shape index (κ1) is 31.3. The maximum atomic E-state index is 5.35. The van der Waals surface area contributed by atoms with E-state index in [-0.39, 0.29) is 19.9 Å². The van der Waals surface area contributed by atoms with Crippen molar-refractivity contribution in [3.8, 4) is 56.4 Å². The van der Waals surface area contributed by atoms with E-state index in [1.54, 1.807) is 0 Å². The topological polar surface area (TPSA) is 38.7 Å². The van der Waals surface area contributed by atoms with Crippen molar-refractivity contribution in [2.45, 2.75) is 19.3 Å². The fraction of sp³-hybridized carbons (Fsp3) is 0.0600. The van der Waals surface area contributed by atoms with Crippen LogP contribution in [0.5, 0.6) is 0 Å². The van der Waals surface area contributed by atoms with Gasteiger partial charge < -0.3 is 0 Å². The van der Waals surface area contributed by atoms with Crippen LogP contribution < -0.4 is 0 Å². The van der Waals surface area contributed by atoms with E-state index in [2.05, 4.69) is 159 Å². The summed E-state index contributed by atoms with van der Waals surface area (Å²) in [7, 11) is 0. The van der Waals surface area contributed by atoms with Crippen LogP contribution in [0, 0.1) is 0 Å². The Morgan fingerprint density at radius 2 is 1.00 bits per heavy atom. The molecule has 0 amide bonds. The molecule has 4 heteroatoms. The van der Waals surface area contributed by atoms with Crippen molar-refractivity contribution in [1.82, 2.24) is 15.0 Å². The molecule has 1 aliphatic carbocycles. The second kappa shape index (κ2) is 11.9. The molecule has 0 N–H and O–H groups in total. The molecule has 0 saturated heterocycles. The maximum absolute atomic E-state index is 5.35. The van der Waals surface area contributed by atoms with Crippen LogP contribution in [0.15, 0.2) is 164 Å². The first-order chi connectivity index (χ1) is 26.5. The van der Waals surface area contributed by atoms with E-state index in [1.165, 1.54) is 74.2 Å². The molecule has 10 aromatic rings. The molecule has 0 fully saturated rings. The van der Waals surface area contributed by atoms with Crippen LogP contribution in [-0.4, -0.2) is 29.5 Å². The van der Waals surface area contributed by atoms with Gasteiger partial charge in [-0.25, -0.2) is 0 Å². The van der Waals surface area contributed by atoms with Gasteiger partial charge in [0.15, 0.2) is 0 Å². The summed E-state index contributed by atoms with van der Waals surface area (Å²) in [5, 5.41) is 7.60. The molecular weight excluding hydrogens is 722 g/mol. The van der Waals surface area contributed by atoms with Crippen molar-refractivity contribution in [2.24, 2.45) is 0 Å². The Bertz CT molecular complexity index is 3120. The standard InChI is InChI=1S/C50H33N3Se/c1-50(2)42-23-12-11-20-36(42)37-25-24-33(29-43(37)50)48-51-47(31-16-7-4-8-17-31)52-49(53-48)41-28-32-18-9-10-19-34(32)44-38(41)26-27-40-39-22-13-21-35(45(39)54-46(40)44)30-14-5-3-6-15-30/h3-29H,1-2H3. The molecule has 0 radical (unpaired) electrons. The average molecular weight is 755 g/mol. The fourth-order valence-corrected chi connectivity index (χ4v) is 11.6. The van der Waals surface area contributed by atoms with Gasteiger partial charge in [-0.3, -0.25) is 0 Å². The van der Waals surface area contributed by atoms with E-state index in [9.17, 15) is 0 Å². The molecular formula is C50H33N3Se. The van der Waals surface area contributed by atoms with Crippen LogP contribution >= 0.6 is 0 Å². The monoisotopic (exact) mass is 755 g/mol. The minimum absolute atomic E-state index is 0.103. The molecule has 2 heterocycles. The van der Waals surface area contributed by atoms with E-state index < -0.39 is 0 Å². The van der Waals surface area contributed by atoms with Gasteiger partial charge in [-0.05, 0) is 0 Å². The molecule has 0 saturated carbocycles. The van der Waals surface area contributed by atoms with Gasteiger partial charge in [-0.2, -0.15) is 0 Å². The molecule has 0 unspecified atom stereocenters. The normalized spacial score (nSPS) is 13.1. The van der Waals surface area contributed by atoms with Gasteiger partial charge in [-0.1, -0.05) is 24.3 Å². The Balaban J connectivity index is 1.18. The Labute approximate surface area is 319 Å². The summed E-state index contributed by atoms with van der Waals surface area (Å²) in [5.41, 5.74) is 10.7. The van der Waals surface area contributed by atoms with Crippen molar-refractivity contribution >= 4 is 55.3 Å². The molecule has 3 nitrogen and oxygen atoms in total. The molecule has 0 bridgehead atoms. The van der Waals surface area contributed by atoms with Crippen molar-refractivity contribution < 1.29 is 0 Å². The summed E-state index contributed by atoms with van der Waals surface area (Å²) in [6, 6.07) is 59.1. The van der Waals surface area contributed by atoms with Crippen molar-refractivity contribution in [3.05, 3.63) is 175 Å². The van der Waals surface area contributed by atoms with Crippen molar-refractivity contribution in [2.75, 3.05) is 0 Å². The zero-order valence-electron chi connectivity index (χ0n) is 29.8. The second-order valence-electron chi connectivity index (χ2n) is 14.8. The molecule has 254 valence electrons. The number of aromatic nitrogens is 3. The van der Waals surface area contributed by atoms with E-state index in [1.807, 2.05) is 18.2 Å². The Kier molecular flexibility index (Phi) is 6.91. The summed E-state index contributed by atoms with van der Waals surface area (Å²) >= 11 is 0.103. The Morgan fingerprint density at radius 1 is 0.389 bits per heavy atom. The molecule has 0 aliphatic heterocycles. The quantitative estimate of drug-likeness (QED) is 0.133. The van der Waals surface area contributed by atoms with Gasteiger partial charge in [0.25, 0.3) is 0 Å². The SMILES string of the molecule is CC1(C)c2ccccc2-c2ccc(-c3nc(-c4ccccc4)nc(-c4cc5ccccc5c5c4ccc4c6cccc(-c7ccccc7)c6[se]c45)n3)cc21. The number of fused-ring (bicyclic) bond motifs is 10. The van der Waals surface area contributed by atoms with Gasteiger partial charge in [0, 0.05) is 0 Å². The summed E-state index contributed by atoms with van der Waals surface area (Å²) < 4.78 is 2.87. The molecule has 1 aliphatic rings. The number of benzene rings is 8. The Morgan fingerprint density at radius 3 is 1.83 bits per heavy atom. The third kappa shape index (κ3) is 4.71.